The Kier molecular flexibility index (Phi) is 3.37. The van der Waals surface area contributed by atoms with Crippen molar-refractivity contribution in [1.29, 1.82) is 0 Å². The highest BCUT2D eigenvalue weighted by Gasteiger charge is 2.06. The first-order valence-electron chi connectivity index (χ1n) is 5.70. The minimum Gasteiger partial charge on any atom is -0.276 e. The standard InChI is InChI=1S/C12H15FN4/c1-3-9-5-6-10(4-2)17(9)16-12-8-7-11(13)14-15-12/h5-8H,3-4H2,1-2H3,(H,15,16). The van der Waals surface area contributed by atoms with Crippen LogP contribution in [-0.4, -0.2) is 14.9 Å². The SMILES string of the molecule is CCc1ccc(CC)n1Nc1ccc(F)nn1. The fraction of sp³-hybridized carbons (Fsp3) is 0.333. The maximum Gasteiger partial charge on any atom is 0.233 e. The van der Waals surface area contributed by atoms with E-state index in [9.17, 15) is 4.39 Å². The molecule has 0 amide bonds. The van der Waals surface area contributed by atoms with Gasteiger partial charge in [-0.2, -0.15) is 4.39 Å². The van der Waals surface area contributed by atoms with E-state index in [1.807, 2.05) is 4.68 Å². The zero-order chi connectivity index (χ0) is 12.3. The summed E-state index contributed by atoms with van der Waals surface area (Å²) in [4.78, 5) is 0. The fourth-order valence-corrected chi connectivity index (χ4v) is 1.71. The highest BCUT2D eigenvalue weighted by atomic mass is 19.1. The largest absolute Gasteiger partial charge is 0.276 e. The van der Waals surface area contributed by atoms with Gasteiger partial charge in [-0.25, -0.2) is 0 Å². The van der Waals surface area contributed by atoms with Gasteiger partial charge in [0.1, 0.15) is 0 Å². The van der Waals surface area contributed by atoms with Gasteiger partial charge in [0.05, 0.1) is 0 Å². The van der Waals surface area contributed by atoms with Crippen LogP contribution in [-0.2, 0) is 12.8 Å². The van der Waals surface area contributed by atoms with Crippen LogP contribution < -0.4 is 5.43 Å². The topological polar surface area (TPSA) is 42.7 Å². The van der Waals surface area contributed by atoms with Crippen LogP contribution in [0.2, 0.25) is 0 Å². The molecule has 0 aliphatic rings. The molecule has 2 heterocycles. The smallest absolute Gasteiger partial charge is 0.233 e. The van der Waals surface area contributed by atoms with Crippen molar-refractivity contribution in [2.45, 2.75) is 26.7 Å². The van der Waals surface area contributed by atoms with Crippen LogP contribution in [0.15, 0.2) is 24.3 Å². The molecule has 0 fully saturated rings. The third-order valence-corrected chi connectivity index (χ3v) is 2.63. The molecule has 0 unspecified atom stereocenters. The summed E-state index contributed by atoms with van der Waals surface area (Å²) in [6.07, 6.45) is 1.84. The molecule has 0 saturated heterocycles. The average molecular weight is 234 g/mol. The van der Waals surface area contributed by atoms with Crippen LogP contribution in [0.1, 0.15) is 25.2 Å². The van der Waals surface area contributed by atoms with Crippen LogP contribution in [0.3, 0.4) is 0 Å². The van der Waals surface area contributed by atoms with Gasteiger partial charge in [0.25, 0.3) is 0 Å². The van der Waals surface area contributed by atoms with E-state index in [4.69, 9.17) is 0 Å². The van der Waals surface area contributed by atoms with Crippen molar-refractivity contribution >= 4 is 5.82 Å². The number of hydrogen-bond acceptors (Lipinski definition) is 3. The molecule has 0 spiro atoms. The third kappa shape index (κ3) is 2.43. The van der Waals surface area contributed by atoms with E-state index in [-0.39, 0.29) is 0 Å². The minimum atomic E-state index is -0.575. The second kappa shape index (κ2) is 4.95. The molecule has 4 nitrogen and oxygen atoms in total. The van der Waals surface area contributed by atoms with Gasteiger partial charge in [0.2, 0.25) is 5.95 Å². The van der Waals surface area contributed by atoms with E-state index in [2.05, 4.69) is 41.6 Å². The number of hydrogen-bond donors (Lipinski definition) is 1. The van der Waals surface area contributed by atoms with Gasteiger partial charge in [0, 0.05) is 11.4 Å². The van der Waals surface area contributed by atoms with Crippen molar-refractivity contribution in [1.82, 2.24) is 14.9 Å². The van der Waals surface area contributed by atoms with Crippen molar-refractivity contribution in [3.05, 3.63) is 41.6 Å². The first-order chi connectivity index (χ1) is 8.24. The van der Waals surface area contributed by atoms with Crippen LogP contribution in [0.4, 0.5) is 10.2 Å². The molecule has 0 aliphatic carbocycles. The Morgan fingerprint density at radius 2 is 1.71 bits per heavy atom. The average Bonchev–Trinajstić information content (AvgIpc) is 2.74. The summed E-state index contributed by atoms with van der Waals surface area (Å²) in [5.74, 6) is -0.0403. The van der Waals surface area contributed by atoms with Gasteiger partial charge in [-0.1, -0.05) is 13.8 Å². The summed E-state index contributed by atoms with van der Waals surface area (Å²) in [5, 5.41) is 7.13. The molecule has 5 heteroatoms. The van der Waals surface area contributed by atoms with Gasteiger partial charge in [-0.15, -0.1) is 10.2 Å². The monoisotopic (exact) mass is 234 g/mol. The quantitative estimate of drug-likeness (QED) is 0.883. The van der Waals surface area contributed by atoms with Gasteiger partial charge in [-0.3, -0.25) is 10.1 Å². The third-order valence-electron chi connectivity index (χ3n) is 2.63. The molecular formula is C12H15FN4. The molecule has 0 atom stereocenters. The number of nitrogens with one attached hydrogen (secondary N) is 1. The second-order valence-corrected chi connectivity index (χ2v) is 3.71. The highest BCUT2D eigenvalue weighted by molar-refractivity contribution is 5.34. The lowest BCUT2D eigenvalue weighted by molar-refractivity contribution is 0.563. The van der Waals surface area contributed by atoms with E-state index in [1.54, 1.807) is 6.07 Å². The normalized spacial score (nSPS) is 10.5. The molecule has 2 aromatic heterocycles. The van der Waals surface area contributed by atoms with Gasteiger partial charge < -0.3 is 0 Å². The molecule has 90 valence electrons. The molecule has 0 aliphatic heterocycles. The first kappa shape index (κ1) is 11.6. The van der Waals surface area contributed by atoms with E-state index in [0.717, 1.165) is 24.2 Å². The van der Waals surface area contributed by atoms with Crippen molar-refractivity contribution < 1.29 is 4.39 Å². The zero-order valence-corrected chi connectivity index (χ0v) is 9.94. The summed E-state index contributed by atoms with van der Waals surface area (Å²) >= 11 is 0. The van der Waals surface area contributed by atoms with Gasteiger partial charge >= 0.3 is 0 Å². The van der Waals surface area contributed by atoms with Gasteiger partial charge in [-0.05, 0) is 37.1 Å². The summed E-state index contributed by atoms with van der Waals surface area (Å²) in [5.41, 5.74) is 5.45. The van der Waals surface area contributed by atoms with Crippen molar-refractivity contribution in [2.75, 3.05) is 5.43 Å². The van der Waals surface area contributed by atoms with E-state index in [0.29, 0.717) is 5.82 Å². The summed E-state index contributed by atoms with van der Waals surface area (Å²) in [7, 11) is 0. The van der Waals surface area contributed by atoms with Crippen LogP contribution in [0, 0.1) is 5.95 Å². The Hall–Kier alpha value is -1.91. The van der Waals surface area contributed by atoms with Crippen LogP contribution in [0.5, 0.6) is 0 Å². The molecule has 2 rings (SSSR count). The molecule has 0 radical (unpaired) electrons. The zero-order valence-electron chi connectivity index (χ0n) is 9.94. The Balaban J connectivity index is 2.28. The summed E-state index contributed by atoms with van der Waals surface area (Å²) < 4.78 is 14.6. The lowest BCUT2D eigenvalue weighted by Gasteiger charge is -2.13. The van der Waals surface area contributed by atoms with Crippen LogP contribution >= 0.6 is 0 Å². The molecule has 0 saturated carbocycles. The molecule has 0 bridgehead atoms. The maximum absolute atomic E-state index is 12.6. The predicted molar refractivity (Wildman–Crippen MR) is 64.2 cm³/mol. The number of rotatable bonds is 4. The lowest BCUT2D eigenvalue weighted by atomic mass is 10.3. The molecule has 0 aromatic carbocycles. The van der Waals surface area contributed by atoms with Crippen LogP contribution in [0.25, 0.3) is 0 Å². The number of aromatic nitrogens is 3. The van der Waals surface area contributed by atoms with Crippen molar-refractivity contribution in [2.24, 2.45) is 0 Å². The highest BCUT2D eigenvalue weighted by Crippen LogP contribution is 2.12. The Morgan fingerprint density at radius 1 is 1.06 bits per heavy atom. The summed E-state index contributed by atoms with van der Waals surface area (Å²) in [6, 6.07) is 7.00. The number of halogens is 1. The number of aryl methyl sites for hydroxylation is 2. The Bertz CT molecular complexity index is 468. The first-order valence-corrected chi connectivity index (χ1v) is 5.70. The van der Waals surface area contributed by atoms with E-state index < -0.39 is 5.95 Å². The Morgan fingerprint density at radius 3 is 2.18 bits per heavy atom. The van der Waals surface area contributed by atoms with E-state index in [1.165, 1.54) is 6.07 Å². The second-order valence-electron chi connectivity index (χ2n) is 3.71. The molecule has 1 N–H and O–H groups in total. The predicted octanol–water partition coefficient (Wildman–Crippen LogP) is 2.42. The lowest BCUT2D eigenvalue weighted by Crippen LogP contribution is -2.16. The molecule has 2 aromatic rings. The van der Waals surface area contributed by atoms with E-state index >= 15 is 0 Å². The Labute approximate surface area is 99.5 Å². The molecule has 17 heavy (non-hydrogen) atoms. The number of anilines is 1. The van der Waals surface area contributed by atoms with Crippen molar-refractivity contribution in [3.8, 4) is 0 Å². The number of nitrogens with zero attached hydrogens (tertiary/aromatic N) is 3. The molecular weight excluding hydrogens is 219 g/mol. The maximum atomic E-state index is 12.6. The summed E-state index contributed by atoms with van der Waals surface area (Å²) in [6.45, 7) is 4.17. The van der Waals surface area contributed by atoms with Gasteiger partial charge in [0.15, 0.2) is 5.82 Å². The minimum absolute atomic E-state index is 0.534. The fourth-order valence-electron chi connectivity index (χ4n) is 1.71. The van der Waals surface area contributed by atoms with Crippen molar-refractivity contribution in [3.63, 3.8) is 0 Å².